The Kier molecular flexibility index (Phi) is 8.23. The Morgan fingerprint density at radius 2 is 1.69 bits per heavy atom. The van der Waals surface area contributed by atoms with E-state index in [2.05, 4.69) is 12.2 Å². The Hall–Kier alpha value is -1.75. The highest BCUT2D eigenvalue weighted by Gasteiger charge is 2.33. The number of aliphatic hydroxyl groups is 1. The zero-order valence-corrected chi connectivity index (χ0v) is 16.3. The molecule has 0 saturated heterocycles. The molecular weight excluding hydrogens is 330 g/mol. The van der Waals surface area contributed by atoms with Crippen LogP contribution in [0.25, 0.3) is 0 Å². The molecule has 146 valence electrons. The van der Waals surface area contributed by atoms with Crippen LogP contribution in [0, 0.1) is 0 Å². The van der Waals surface area contributed by atoms with Crippen molar-refractivity contribution < 1.29 is 19.4 Å². The second-order valence-electron chi connectivity index (χ2n) is 7.09. The lowest BCUT2D eigenvalue weighted by atomic mass is 10.1. The molecule has 0 aliphatic heterocycles. The van der Waals surface area contributed by atoms with Crippen molar-refractivity contribution in [3.05, 3.63) is 23.3 Å². The maximum atomic E-state index is 12.3. The molecule has 0 fully saturated rings. The van der Waals surface area contributed by atoms with Gasteiger partial charge in [-0.05, 0) is 29.7 Å². The van der Waals surface area contributed by atoms with Crippen LogP contribution >= 0.6 is 0 Å². The van der Waals surface area contributed by atoms with Gasteiger partial charge >= 0.3 is 0 Å². The molecule has 1 aromatic rings. The molecule has 0 radical (unpaired) electrons. The van der Waals surface area contributed by atoms with E-state index in [0.29, 0.717) is 24.3 Å². The summed E-state index contributed by atoms with van der Waals surface area (Å²) in [6.45, 7) is 2.21. The number of hydrogen-bond donors (Lipinski definition) is 2. The van der Waals surface area contributed by atoms with Gasteiger partial charge in [0.05, 0.1) is 26.4 Å². The highest BCUT2D eigenvalue weighted by Crippen LogP contribution is 2.39. The maximum absolute atomic E-state index is 12.3. The summed E-state index contributed by atoms with van der Waals surface area (Å²) in [4.78, 5) is 12.3. The lowest BCUT2D eigenvalue weighted by Gasteiger charge is -2.19. The normalized spacial score (nSPS) is 18.5. The van der Waals surface area contributed by atoms with Crippen LogP contribution in [-0.2, 0) is 11.2 Å². The molecule has 5 heteroatoms. The standard InChI is InChI=1S/C21H33NO4/c1-4-5-6-7-8-9-10-11-20(24)22-21-16-14-19(26-3)18(25-2)13-15(16)12-17(21)23/h13-14,17,21,23H,4-12H2,1-3H3,(H,22,24)/t17-,21-/m0/s1. The molecule has 2 atom stereocenters. The molecule has 1 aliphatic rings. The van der Waals surface area contributed by atoms with Crippen molar-refractivity contribution in [1.82, 2.24) is 5.32 Å². The minimum absolute atomic E-state index is 0.00485. The van der Waals surface area contributed by atoms with E-state index in [1.807, 2.05) is 12.1 Å². The SMILES string of the molecule is CCCCCCCCCC(=O)N[C@H]1c2cc(OC)c(OC)cc2C[C@@H]1O. The maximum Gasteiger partial charge on any atom is 0.220 e. The molecule has 2 N–H and O–H groups in total. The predicted octanol–water partition coefficient (Wildman–Crippen LogP) is 3.92. The third-order valence-electron chi connectivity index (χ3n) is 5.12. The zero-order valence-electron chi connectivity index (χ0n) is 16.3. The van der Waals surface area contributed by atoms with Crippen LogP contribution in [0.2, 0.25) is 0 Å². The summed E-state index contributed by atoms with van der Waals surface area (Å²) in [5.74, 6) is 1.27. The first-order chi connectivity index (χ1) is 12.6. The van der Waals surface area contributed by atoms with Crippen molar-refractivity contribution >= 4 is 5.91 Å². The fourth-order valence-electron chi connectivity index (χ4n) is 3.62. The Bertz CT molecular complexity index is 588. The second kappa shape index (κ2) is 10.4. The molecular formula is C21H33NO4. The van der Waals surface area contributed by atoms with Gasteiger partial charge in [0.15, 0.2) is 11.5 Å². The van der Waals surface area contributed by atoms with Crippen molar-refractivity contribution in [2.75, 3.05) is 14.2 Å². The average Bonchev–Trinajstić information content (AvgIpc) is 2.94. The summed E-state index contributed by atoms with van der Waals surface area (Å²) in [7, 11) is 3.18. The number of carbonyl (C=O) groups is 1. The quantitative estimate of drug-likeness (QED) is 0.585. The van der Waals surface area contributed by atoms with Crippen molar-refractivity contribution in [2.24, 2.45) is 0 Å². The zero-order chi connectivity index (χ0) is 18.9. The minimum Gasteiger partial charge on any atom is -0.493 e. The van der Waals surface area contributed by atoms with Crippen LogP contribution in [0.15, 0.2) is 12.1 Å². The minimum atomic E-state index is -0.611. The van der Waals surface area contributed by atoms with Crippen molar-refractivity contribution in [2.45, 2.75) is 76.9 Å². The molecule has 5 nitrogen and oxygen atoms in total. The molecule has 26 heavy (non-hydrogen) atoms. The van der Waals surface area contributed by atoms with Crippen LogP contribution in [0.4, 0.5) is 0 Å². The molecule has 0 unspecified atom stereocenters. The van der Waals surface area contributed by atoms with E-state index < -0.39 is 6.10 Å². The number of nitrogens with one attached hydrogen (secondary N) is 1. The third-order valence-corrected chi connectivity index (χ3v) is 5.12. The van der Waals surface area contributed by atoms with E-state index in [1.54, 1.807) is 14.2 Å². The van der Waals surface area contributed by atoms with Gasteiger partial charge in [0.1, 0.15) is 0 Å². The van der Waals surface area contributed by atoms with E-state index in [9.17, 15) is 9.90 Å². The molecule has 2 rings (SSSR count). The number of rotatable bonds is 11. The Morgan fingerprint density at radius 1 is 1.08 bits per heavy atom. The number of unbranched alkanes of at least 4 members (excludes halogenated alkanes) is 6. The van der Waals surface area contributed by atoms with E-state index >= 15 is 0 Å². The number of benzene rings is 1. The van der Waals surface area contributed by atoms with Gasteiger partial charge in [0.2, 0.25) is 5.91 Å². The van der Waals surface area contributed by atoms with Crippen molar-refractivity contribution in [3.63, 3.8) is 0 Å². The highest BCUT2D eigenvalue weighted by molar-refractivity contribution is 5.76. The van der Waals surface area contributed by atoms with Gasteiger partial charge in [-0.15, -0.1) is 0 Å². The van der Waals surface area contributed by atoms with E-state index in [1.165, 1.54) is 32.1 Å². The monoisotopic (exact) mass is 363 g/mol. The van der Waals surface area contributed by atoms with Crippen LogP contribution < -0.4 is 14.8 Å². The van der Waals surface area contributed by atoms with Crippen LogP contribution in [0.3, 0.4) is 0 Å². The highest BCUT2D eigenvalue weighted by atomic mass is 16.5. The number of amides is 1. The number of methoxy groups -OCH3 is 2. The van der Waals surface area contributed by atoms with Gasteiger partial charge < -0.3 is 19.9 Å². The summed E-state index contributed by atoms with van der Waals surface area (Å²) in [6, 6.07) is 3.38. The van der Waals surface area contributed by atoms with Gasteiger partial charge in [0, 0.05) is 12.8 Å². The summed E-state index contributed by atoms with van der Waals surface area (Å²) >= 11 is 0. The van der Waals surface area contributed by atoms with Gasteiger partial charge in [-0.3, -0.25) is 4.79 Å². The second-order valence-corrected chi connectivity index (χ2v) is 7.09. The fraction of sp³-hybridized carbons (Fsp3) is 0.667. The lowest BCUT2D eigenvalue weighted by Crippen LogP contribution is -2.33. The largest absolute Gasteiger partial charge is 0.493 e. The van der Waals surface area contributed by atoms with E-state index in [0.717, 1.165) is 24.0 Å². The first-order valence-electron chi connectivity index (χ1n) is 9.82. The average molecular weight is 363 g/mol. The number of ether oxygens (including phenoxy) is 2. The first-order valence-corrected chi connectivity index (χ1v) is 9.82. The van der Waals surface area contributed by atoms with Gasteiger partial charge in [-0.1, -0.05) is 45.4 Å². The van der Waals surface area contributed by atoms with Crippen molar-refractivity contribution in [3.8, 4) is 11.5 Å². The molecule has 1 aromatic carbocycles. The van der Waals surface area contributed by atoms with Crippen LogP contribution in [-0.4, -0.2) is 31.3 Å². The number of carbonyl (C=O) groups excluding carboxylic acids is 1. The fourth-order valence-corrected chi connectivity index (χ4v) is 3.62. The molecule has 1 amide bonds. The Morgan fingerprint density at radius 3 is 2.35 bits per heavy atom. The summed E-state index contributed by atoms with van der Waals surface area (Å²) in [5.41, 5.74) is 1.92. The smallest absolute Gasteiger partial charge is 0.220 e. The summed E-state index contributed by atoms with van der Waals surface area (Å²) in [6.07, 6.45) is 8.70. The first kappa shape index (κ1) is 20.6. The van der Waals surface area contributed by atoms with Gasteiger partial charge in [-0.2, -0.15) is 0 Å². The van der Waals surface area contributed by atoms with Crippen molar-refractivity contribution in [1.29, 1.82) is 0 Å². The molecule has 1 aliphatic carbocycles. The van der Waals surface area contributed by atoms with Gasteiger partial charge in [0.25, 0.3) is 0 Å². The number of aliphatic hydroxyl groups excluding tert-OH is 1. The molecule has 0 heterocycles. The topological polar surface area (TPSA) is 67.8 Å². The molecule has 0 saturated carbocycles. The van der Waals surface area contributed by atoms with E-state index in [-0.39, 0.29) is 11.9 Å². The molecule has 0 aromatic heterocycles. The third kappa shape index (κ3) is 5.37. The molecule has 0 bridgehead atoms. The van der Waals surface area contributed by atoms with Gasteiger partial charge in [-0.25, -0.2) is 0 Å². The van der Waals surface area contributed by atoms with E-state index in [4.69, 9.17) is 9.47 Å². The molecule has 0 spiro atoms. The summed E-state index contributed by atoms with van der Waals surface area (Å²) < 4.78 is 10.7. The van der Waals surface area contributed by atoms with Crippen LogP contribution in [0.5, 0.6) is 11.5 Å². The number of fused-ring (bicyclic) bond motifs is 1. The van der Waals surface area contributed by atoms with Crippen LogP contribution in [0.1, 0.15) is 75.5 Å². The number of hydrogen-bond acceptors (Lipinski definition) is 4. The Balaban J connectivity index is 1.85. The Labute approximate surface area is 157 Å². The lowest BCUT2D eigenvalue weighted by molar-refractivity contribution is -0.122. The summed E-state index contributed by atoms with van der Waals surface area (Å²) in [5, 5.41) is 13.4. The predicted molar refractivity (Wildman–Crippen MR) is 103 cm³/mol.